The van der Waals surface area contributed by atoms with Crippen molar-refractivity contribution in [1.82, 2.24) is 10.3 Å². The number of amides is 3. The van der Waals surface area contributed by atoms with Gasteiger partial charge in [-0.25, -0.2) is 9.78 Å². The molecule has 68 valence electrons. The van der Waals surface area contributed by atoms with Gasteiger partial charge >= 0.3 is 6.03 Å². The maximum atomic E-state index is 11.2. The van der Waals surface area contributed by atoms with Gasteiger partial charge < -0.3 is 5.73 Å². The number of halogens is 1. The van der Waals surface area contributed by atoms with Crippen LogP contribution in [0.1, 0.15) is 10.5 Å². The molecule has 0 fully saturated rings. The van der Waals surface area contributed by atoms with Crippen molar-refractivity contribution >= 4 is 27.9 Å². The molecule has 0 spiro atoms. The lowest BCUT2D eigenvalue weighted by Gasteiger charge is -2.00. The Bertz CT molecular complexity index is 353. The number of nitrogens with zero attached hydrogens (tertiary/aromatic N) is 1. The van der Waals surface area contributed by atoms with E-state index in [2.05, 4.69) is 20.9 Å². The Morgan fingerprint density at radius 1 is 1.54 bits per heavy atom. The third-order valence-electron chi connectivity index (χ3n) is 1.21. The van der Waals surface area contributed by atoms with Gasteiger partial charge in [0, 0.05) is 10.7 Å². The molecule has 1 heterocycles. The molecular formula is C7H6BrN3O2. The largest absolute Gasteiger partial charge is 0.351 e. The zero-order valence-corrected chi connectivity index (χ0v) is 8.04. The van der Waals surface area contributed by atoms with E-state index in [0.29, 0.717) is 4.47 Å². The van der Waals surface area contributed by atoms with Crippen LogP contribution in [0, 0.1) is 0 Å². The van der Waals surface area contributed by atoms with E-state index in [1.807, 2.05) is 5.32 Å². The standard InChI is InChI=1S/C7H6BrN3O2/c8-4-2-1-3-10-5(4)6(12)11-7(9)13/h1-3H,(H3,9,11,12,13). The van der Waals surface area contributed by atoms with Crippen LogP contribution >= 0.6 is 15.9 Å². The molecule has 0 unspecified atom stereocenters. The van der Waals surface area contributed by atoms with Crippen LogP contribution in [0.3, 0.4) is 0 Å². The maximum absolute atomic E-state index is 11.2. The molecule has 5 nitrogen and oxygen atoms in total. The lowest BCUT2D eigenvalue weighted by Crippen LogP contribution is -2.35. The van der Waals surface area contributed by atoms with E-state index in [1.54, 1.807) is 12.1 Å². The summed E-state index contributed by atoms with van der Waals surface area (Å²) < 4.78 is 0.508. The minimum absolute atomic E-state index is 0.126. The van der Waals surface area contributed by atoms with Crippen LogP contribution < -0.4 is 11.1 Å². The van der Waals surface area contributed by atoms with Crippen molar-refractivity contribution in [3.05, 3.63) is 28.5 Å². The first-order valence-corrected chi connectivity index (χ1v) is 4.12. The molecule has 1 aromatic rings. The smallest absolute Gasteiger partial charge is 0.319 e. The predicted molar refractivity (Wildman–Crippen MR) is 49.0 cm³/mol. The Labute approximate surface area is 82.5 Å². The summed E-state index contributed by atoms with van der Waals surface area (Å²) in [7, 11) is 0. The predicted octanol–water partition coefficient (Wildman–Crippen LogP) is 0.653. The quantitative estimate of drug-likeness (QED) is 0.760. The number of hydrogen-bond donors (Lipinski definition) is 2. The normalized spacial score (nSPS) is 9.31. The van der Waals surface area contributed by atoms with Gasteiger partial charge in [0.15, 0.2) is 0 Å². The molecule has 0 aliphatic rings. The first-order valence-electron chi connectivity index (χ1n) is 3.32. The number of carbonyl (C=O) groups is 2. The van der Waals surface area contributed by atoms with Gasteiger partial charge in [-0.1, -0.05) is 0 Å². The van der Waals surface area contributed by atoms with E-state index < -0.39 is 11.9 Å². The van der Waals surface area contributed by atoms with Crippen molar-refractivity contribution in [2.75, 3.05) is 0 Å². The van der Waals surface area contributed by atoms with Crippen molar-refractivity contribution in [3.63, 3.8) is 0 Å². The Morgan fingerprint density at radius 2 is 2.23 bits per heavy atom. The van der Waals surface area contributed by atoms with Crippen molar-refractivity contribution in [2.45, 2.75) is 0 Å². The number of carbonyl (C=O) groups excluding carboxylic acids is 2. The highest BCUT2D eigenvalue weighted by molar-refractivity contribution is 9.10. The van der Waals surface area contributed by atoms with Crippen LogP contribution in [0.15, 0.2) is 22.8 Å². The van der Waals surface area contributed by atoms with Gasteiger partial charge in [0.25, 0.3) is 5.91 Å². The third kappa shape index (κ3) is 2.51. The maximum Gasteiger partial charge on any atom is 0.319 e. The Morgan fingerprint density at radius 3 is 2.77 bits per heavy atom. The van der Waals surface area contributed by atoms with Gasteiger partial charge in [-0.15, -0.1) is 0 Å². The number of imide groups is 1. The fourth-order valence-corrected chi connectivity index (χ4v) is 1.16. The number of nitrogens with two attached hydrogens (primary N) is 1. The summed E-state index contributed by atoms with van der Waals surface area (Å²) in [4.78, 5) is 25.3. The van der Waals surface area contributed by atoms with Crippen molar-refractivity contribution < 1.29 is 9.59 Å². The molecule has 0 radical (unpaired) electrons. The van der Waals surface area contributed by atoms with E-state index in [1.165, 1.54) is 6.20 Å². The van der Waals surface area contributed by atoms with E-state index >= 15 is 0 Å². The topological polar surface area (TPSA) is 85.1 Å². The molecule has 0 aromatic carbocycles. The Hall–Kier alpha value is -1.43. The lowest BCUT2D eigenvalue weighted by molar-refractivity contribution is 0.0960. The first-order chi connectivity index (χ1) is 6.11. The van der Waals surface area contributed by atoms with Gasteiger partial charge in [0.2, 0.25) is 0 Å². The molecule has 3 amide bonds. The fourth-order valence-electron chi connectivity index (χ4n) is 0.724. The molecule has 3 N–H and O–H groups in total. The summed E-state index contributed by atoms with van der Waals surface area (Å²) in [5, 5.41) is 1.91. The highest BCUT2D eigenvalue weighted by Gasteiger charge is 2.11. The summed E-state index contributed by atoms with van der Waals surface area (Å²) in [5.41, 5.74) is 4.89. The number of urea groups is 1. The summed E-state index contributed by atoms with van der Waals surface area (Å²) >= 11 is 3.11. The average Bonchev–Trinajstić information content (AvgIpc) is 2.03. The summed E-state index contributed by atoms with van der Waals surface area (Å²) in [6, 6.07) is 2.40. The fraction of sp³-hybridized carbons (Fsp3) is 0. The molecule has 6 heteroatoms. The second-order valence-corrected chi connectivity index (χ2v) is 3.01. The molecule has 13 heavy (non-hydrogen) atoms. The molecule has 1 aromatic heterocycles. The van der Waals surface area contributed by atoms with Crippen molar-refractivity contribution in [3.8, 4) is 0 Å². The highest BCUT2D eigenvalue weighted by Crippen LogP contribution is 2.12. The van der Waals surface area contributed by atoms with Gasteiger partial charge in [-0.05, 0) is 28.1 Å². The summed E-state index contributed by atoms with van der Waals surface area (Å²) in [5.74, 6) is -0.625. The van der Waals surface area contributed by atoms with Crippen LogP contribution in [-0.4, -0.2) is 16.9 Å². The molecule has 0 aliphatic heterocycles. The number of primary amides is 1. The average molecular weight is 244 g/mol. The number of rotatable bonds is 1. The monoisotopic (exact) mass is 243 g/mol. The van der Waals surface area contributed by atoms with Gasteiger partial charge in [0.1, 0.15) is 5.69 Å². The molecule has 0 atom stereocenters. The van der Waals surface area contributed by atoms with Crippen LogP contribution in [0.5, 0.6) is 0 Å². The van der Waals surface area contributed by atoms with E-state index in [9.17, 15) is 9.59 Å². The van der Waals surface area contributed by atoms with Crippen molar-refractivity contribution in [2.24, 2.45) is 5.73 Å². The molecule has 0 aliphatic carbocycles. The molecule has 1 rings (SSSR count). The minimum atomic E-state index is -0.900. The highest BCUT2D eigenvalue weighted by atomic mass is 79.9. The molecule has 0 bridgehead atoms. The molecular weight excluding hydrogens is 238 g/mol. The van der Waals surface area contributed by atoms with Crippen LogP contribution in [0.4, 0.5) is 4.79 Å². The van der Waals surface area contributed by atoms with Crippen molar-refractivity contribution in [1.29, 1.82) is 0 Å². The lowest BCUT2D eigenvalue weighted by atomic mass is 10.3. The van der Waals surface area contributed by atoms with E-state index in [-0.39, 0.29) is 5.69 Å². The second-order valence-electron chi connectivity index (χ2n) is 2.15. The zero-order valence-electron chi connectivity index (χ0n) is 6.45. The van der Waals surface area contributed by atoms with Gasteiger partial charge in [-0.2, -0.15) is 0 Å². The summed E-state index contributed by atoms with van der Waals surface area (Å²) in [6.07, 6.45) is 1.45. The SMILES string of the molecule is NC(=O)NC(=O)c1ncccc1Br. The van der Waals surface area contributed by atoms with E-state index in [0.717, 1.165) is 0 Å². The number of aromatic nitrogens is 1. The van der Waals surface area contributed by atoms with E-state index in [4.69, 9.17) is 5.73 Å². The number of hydrogen-bond acceptors (Lipinski definition) is 3. The zero-order chi connectivity index (χ0) is 9.84. The van der Waals surface area contributed by atoms with Crippen LogP contribution in [-0.2, 0) is 0 Å². The number of pyridine rings is 1. The molecule has 0 saturated carbocycles. The number of nitrogens with one attached hydrogen (secondary N) is 1. The van der Waals surface area contributed by atoms with Crippen LogP contribution in [0.25, 0.3) is 0 Å². The van der Waals surface area contributed by atoms with Crippen LogP contribution in [0.2, 0.25) is 0 Å². The van der Waals surface area contributed by atoms with Gasteiger partial charge in [0.05, 0.1) is 0 Å². The minimum Gasteiger partial charge on any atom is -0.351 e. The Kier molecular flexibility index (Phi) is 2.97. The molecule has 0 saturated heterocycles. The summed E-state index contributed by atoms with van der Waals surface area (Å²) in [6.45, 7) is 0. The second kappa shape index (κ2) is 3.99. The third-order valence-corrected chi connectivity index (χ3v) is 1.85. The Balaban J connectivity index is 2.89. The first kappa shape index (κ1) is 9.66. The van der Waals surface area contributed by atoms with Gasteiger partial charge in [-0.3, -0.25) is 10.1 Å².